The van der Waals surface area contributed by atoms with Crippen molar-refractivity contribution < 1.29 is 13.2 Å². The zero-order valence-corrected chi connectivity index (χ0v) is 18.6. The van der Waals surface area contributed by atoms with E-state index in [4.69, 9.17) is 4.74 Å². The van der Waals surface area contributed by atoms with Crippen molar-refractivity contribution in [3.63, 3.8) is 0 Å². The van der Waals surface area contributed by atoms with E-state index in [0.29, 0.717) is 17.4 Å². The molecule has 1 aliphatic heterocycles. The number of rotatable bonds is 8. The van der Waals surface area contributed by atoms with E-state index in [1.165, 1.54) is 11.1 Å². The van der Waals surface area contributed by atoms with Gasteiger partial charge in [-0.1, -0.05) is 24.3 Å². The molecule has 0 radical (unpaired) electrons. The number of hydrogen-bond acceptors (Lipinski definition) is 4. The molecule has 3 N–H and O–H groups in total. The number of hydrogen-bond donors (Lipinski definition) is 3. The van der Waals surface area contributed by atoms with Crippen LogP contribution in [0.2, 0.25) is 0 Å². The molecular formula is C22H30N4O3S. The molecule has 0 saturated heterocycles. The Hall–Kier alpha value is -2.58. The van der Waals surface area contributed by atoms with Gasteiger partial charge in [0.25, 0.3) is 0 Å². The van der Waals surface area contributed by atoms with Crippen LogP contribution in [0.25, 0.3) is 0 Å². The second kappa shape index (κ2) is 9.95. The van der Waals surface area contributed by atoms with Gasteiger partial charge in [0.15, 0.2) is 5.96 Å². The highest BCUT2D eigenvalue weighted by Crippen LogP contribution is 2.25. The number of ether oxygens (including phenoxy) is 1. The number of aryl methyl sites for hydroxylation is 2. The van der Waals surface area contributed by atoms with Crippen molar-refractivity contribution in [1.29, 1.82) is 0 Å². The lowest BCUT2D eigenvalue weighted by molar-refractivity contribution is 0.357. The first-order chi connectivity index (χ1) is 14.4. The van der Waals surface area contributed by atoms with Gasteiger partial charge < -0.3 is 15.4 Å². The van der Waals surface area contributed by atoms with E-state index in [1.54, 1.807) is 20.0 Å². The number of sulfonamides is 1. The van der Waals surface area contributed by atoms with E-state index in [9.17, 15) is 8.42 Å². The van der Waals surface area contributed by atoms with Crippen LogP contribution in [0.5, 0.6) is 5.75 Å². The Labute approximate surface area is 179 Å². The van der Waals surface area contributed by atoms with Crippen LogP contribution < -0.4 is 20.1 Å². The summed E-state index contributed by atoms with van der Waals surface area (Å²) in [4.78, 5) is 4.52. The van der Waals surface area contributed by atoms with Crippen molar-refractivity contribution in [3.05, 3.63) is 58.7 Å². The zero-order valence-electron chi connectivity index (χ0n) is 17.8. The molecule has 0 aromatic heterocycles. The quantitative estimate of drug-likeness (QED) is 0.338. The van der Waals surface area contributed by atoms with E-state index in [2.05, 4.69) is 32.5 Å². The molecule has 0 aliphatic carbocycles. The number of fused-ring (bicyclic) bond motifs is 1. The van der Waals surface area contributed by atoms with Crippen LogP contribution in [0.1, 0.15) is 22.3 Å². The topological polar surface area (TPSA) is 91.8 Å². The lowest BCUT2D eigenvalue weighted by Gasteiger charge is -2.13. The first kappa shape index (κ1) is 22.1. The molecular weight excluding hydrogens is 400 g/mol. The van der Waals surface area contributed by atoms with Crippen LogP contribution in [0.4, 0.5) is 0 Å². The predicted molar refractivity (Wildman–Crippen MR) is 120 cm³/mol. The summed E-state index contributed by atoms with van der Waals surface area (Å²) in [6.07, 6.45) is 1.84. The SMILES string of the molecule is CN=C(NCCNS(=O)(=O)c1cc(C)ccc1C)NCCc1ccc2c(c1)CCO2. The molecule has 2 aromatic rings. The fourth-order valence-electron chi connectivity index (χ4n) is 3.38. The van der Waals surface area contributed by atoms with Gasteiger partial charge in [-0.05, 0) is 54.7 Å². The Balaban J connectivity index is 1.41. The predicted octanol–water partition coefficient (Wildman–Crippen LogP) is 1.92. The number of benzene rings is 2. The molecule has 0 saturated carbocycles. The van der Waals surface area contributed by atoms with E-state index < -0.39 is 10.0 Å². The Morgan fingerprint density at radius 2 is 1.87 bits per heavy atom. The molecule has 1 heterocycles. The lowest BCUT2D eigenvalue weighted by atomic mass is 10.1. The maximum atomic E-state index is 12.5. The van der Waals surface area contributed by atoms with Crippen LogP contribution in [0.15, 0.2) is 46.3 Å². The Morgan fingerprint density at radius 3 is 2.67 bits per heavy atom. The van der Waals surface area contributed by atoms with Crippen LogP contribution >= 0.6 is 0 Å². The average Bonchev–Trinajstić information content (AvgIpc) is 3.19. The molecule has 8 heteroatoms. The van der Waals surface area contributed by atoms with Crippen molar-refractivity contribution >= 4 is 16.0 Å². The van der Waals surface area contributed by atoms with Gasteiger partial charge in [-0.3, -0.25) is 4.99 Å². The minimum absolute atomic E-state index is 0.265. The summed E-state index contributed by atoms with van der Waals surface area (Å²) in [5.41, 5.74) is 4.17. The lowest BCUT2D eigenvalue weighted by Crippen LogP contribution is -2.42. The summed E-state index contributed by atoms with van der Waals surface area (Å²) in [6, 6.07) is 11.7. The Morgan fingerprint density at radius 1 is 1.07 bits per heavy atom. The maximum Gasteiger partial charge on any atom is 0.240 e. The molecule has 7 nitrogen and oxygen atoms in total. The van der Waals surface area contributed by atoms with E-state index in [0.717, 1.165) is 42.9 Å². The molecule has 0 atom stereocenters. The number of nitrogens with one attached hydrogen (secondary N) is 3. The second-order valence-corrected chi connectivity index (χ2v) is 9.12. The van der Waals surface area contributed by atoms with Gasteiger partial charge in [0.2, 0.25) is 10.0 Å². The molecule has 1 aliphatic rings. The summed E-state index contributed by atoms with van der Waals surface area (Å²) in [5.74, 6) is 1.64. The van der Waals surface area contributed by atoms with E-state index in [1.807, 2.05) is 25.1 Å². The molecule has 0 unspecified atom stereocenters. The monoisotopic (exact) mass is 430 g/mol. The molecule has 0 spiro atoms. The van der Waals surface area contributed by atoms with Gasteiger partial charge >= 0.3 is 0 Å². The molecule has 162 valence electrons. The van der Waals surface area contributed by atoms with Gasteiger partial charge in [0, 0.05) is 33.1 Å². The van der Waals surface area contributed by atoms with Crippen LogP contribution in [-0.4, -0.2) is 47.7 Å². The van der Waals surface area contributed by atoms with Crippen molar-refractivity contribution in [3.8, 4) is 5.75 Å². The summed E-state index contributed by atoms with van der Waals surface area (Å²) in [6.45, 7) is 5.87. The van der Waals surface area contributed by atoms with Crippen LogP contribution in [0, 0.1) is 13.8 Å². The minimum atomic E-state index is -3.54. The highest BCUT2D eigenvalue weighted by Gasteiger charge is 2.16. The summed E-state index contributed by atoms with van der Waals surface area (Å²) in [7, 11) is -1.84. The molecule has 3 rings (SSSR count). The Kier molecular flexibility index (Phi) is 7.33. The average molecular weight is 431 g/mol. The maximum absolute atomic E-state index is 12.5. The third-order valence-electron chi connectivity index (χ3n) is 5.03. The summed E-state index contributed by atoms with van der Waals surface area (Å²) in [5, 5.41) is 6.40. The summed E-state index contributed by atoms with van der Waals surface area (Å²) >= 11 is 0. The van der Waals surface area contributed by atoms with Crippen molar-refractivity contribution in [2.24, 2.45) is 4.99 Å². The smallest absolute Gasteiger partial charge is 0.240 e. The van der Waals surface area contributed by atoms with Crippen molar-refractivity contribution in [2.45, 2.75) is 31.6 Å². The first-order valence-electron chi connectivity index (χ1n) is 10.1. The second-order valence-electron chi connectivity index (χ2n) is 7.38. The van der Waals surface area contributed by atoms with E-state index >= 15 is 0 Å². The first-order valence-corrected chi connectivity index (χ1v) is 11.6. The largest absolute Gasteiger partial charge is 0.493 e. The van der Waals surface area contributed by atoms with Gasteiger partial charge in [0.1, 0.15) is 5.75 Å². The van der Waals surface area contributed by atoms with Crippen molar-refractivity contribution in [1.82, 2.24) is 15.4 Å². The van der Waals surface area contributed by atoms with Crippen LogP contribution in [-0.2, 0) is 22.9 Å². The van der Waals surface area contributed by atoms with Crippen LogP contribution in [0.3, 0.4) is 0 Å². The highest BCUT2D eigenvalue weighted by atomic mass is 32.2. The van der Waals surface area contributed by atoms with Gasteiger partial charge in [-0.15, -0.1) is 0 Å². The van der Waals surface area contributed by atoms with Crippen molar-refractivity contribution in [2.75, 3.05) is 33.3 Å². The molecule has 30 heavy (non-hydrogen) atoms. The fraction of sp³-hybridized carbons (Fsp3) is 0.409. The van der Waals surface area contributed by atoms with Gasteiger partial charge in [-0.2, -0.15) is 0 Å². The van der Waals surface area contributed by atoms with E-state index in [-0.39, 0.29) is 6.54 Å². The Bertz CT molecular complexity index is 1020. The molecule has 0 bridgehead atoms. The molecule has 0 amide bonds. The minimum Gasteiger partial charge on any atom is -0.493 e. The summed E-state index contributed by atoms with van der Waals surface area (Å²) < 4.78 is 33.3. The number of nitrogens with zero attached hydrogens (tertiary/aromatic N) is 1. The zero-order chi connectivity index (χ0) is 21.6. The molecule has 2 aromatic carbocycles. The molecule has 0 fully saturated rings. The third-order valence-corrected chi connectivity index (χ3v) is 6.63. The number of aliphatic imine (C=N–C) groups is 1. The van der Waals surface area contributed by atoms with Gasteiger partial charge in [-0.25, -0.2) is 13.1 Å². The standard InChI is InChI=1S/C22H30N4O3S/c1-16-4-5-17(2)21(14-16)30(27,28)26-12-11-25-22(23-3)24-10-8-18-6-7-20-19(15-18)9-13-29-20/h4-7,14-15,26H,8-13H2,1-3H3,(H2,23,24,25). The van der Waals surface area contributed by atoms with Gasteiger partial charge in [0.05, 0.1) is 11.5 Å². The fourth-order valence-corrected chi connectivity index (χ4v) is 4.74. The number of guanidine groups is 1. The normalized spacial score (nSPS) is 13.6. The third kappa shape index (κ3) is 5.73. The highest BCUT2D eigenvalue weighted by molar-refractivity contribution is 7.89.